The fourth-order valence-electron chi connectivity index (χ4n) is 3.94. The number of para-hydroxylation sites is 1. The Morgan fingerprint density at radius 1 is 0.833 bits per heavy atom. The predicted molar refractivity (Wildman–Crippen MR) is 112 cm³/mol. The zero-order valence-electron chi connectivity index (χ0n) is 17.0. The lowest BCUT2D eigenvalue weighted by atomic mass is 10.1. The summed E-state index contributed by atoms with van der Waals surface area (Å²) in [6.45, 7) is 5.99. The van der Waals surface area contributed by atoms with E-state index in [4.69, 9.17) is 4.74 Å². The minimum absolute atomic E-state index is 0.00603. The molecule has 2 aliphatic rings. The van der Waals surface area contributed by atoms with Crippen LogP contribution in [-0.4, -0.2) is 84.1 Å². The summed E-state index contributed by atoms with van der Waals surface area (Å²) in [5.74, 6) is -0.223. The fraction of sp³-hybridized carbons (Fsp3) is 0.391. The number of carbonyl (C=O) groups excluding carboxylic acids is 2. The smallest absolute Gasteiger partial charge is 0.257 e. The summed E-state index contributed by atoms with van der Waals surface area (Å²) in [4.78, 5) is 31.5. The number of hydrogen-bond acceptors (Lipinski definition) is 5. The summed E-state index contributed by atoms with van der Waals surface area (Å²) < 4.78 is 5.39. The summed E-state index contributed by atoms with van der Waals surface area (Å²) in [6, 6.07) is 14.4. The van der Waals surface area contributed by atoms with Crippen molar-refractivity contribution in [3.05, 3.63) is 65.2 Å². The fourth-order valence-corrected chi connectivity index (χ4v) is 3.94. The molecule has 30 heavy (non-hydrogen) atoms. The SMILES string of the molecule is O=C(c1cccc(CN2CCOCC2)c1)N1CCN(C(=O)c2ccccc2O)CC1. The highest BCUT2D eigenvalue weighted by atomic mass is 16.5. The van der Waals surface area contributed by atoms with E-state index in [-0.39, 0.29) is 17.6 Å². The van der Waals surface area contributed by atoms with E-state index in [9.17, 15) is 14.7 Å². The summed E-state index contributed by atoms with van der Waals surface area (Å²) in [5, 5.41) is 9.92. The molecule has 0 unspecified atom stereocenters. The van der Waals surface area contributed by atoms with Crippen molar-refractivity contribution in [2.75, 3.05) is 52.5 Å². The molecule has 0 saturated carbocycles. The molecule has 2 fully saturated rings. The van der Waals surface area contributed by atoms with E-state index in [1.807, 2.05) is 18.2 Å². The van der Waals surface area contributed by atoms with Crippen molar-refractivity contribution < 1.29 is 19.4 Å². The third-order valence-corrected chi connectivity index (χ3v) is 5.67. The molecule has 2 aromatic carbocycles. The Hall–Kier alpha value is -2.90. The van der Waals surface area contributed by atoms with Gasteiger partial charge in [-0.05, 0) is 29.8 Å². The highest BCUT2D eigenvalue weighted by molar-refractivity contribution is 5.97. The highest BCUT2D eigenvalue weighted by Crippen LogP contribution is 2.19. The van der Waals surface area contributed by atoms with Crippen LogP contribution in [0.5, 0.6) is 5.75 Å². The predicted octanol–water partition coefficient (Wildman–Crippen LogP) is 1.82. The maximum Gasteiger partial charge on any atom is 0.257 e. The Morgan fingerprint density at radius 2 is 1.50 bits per heavy atom. The molecule has 2 amide bonds. The molecule has 2 saturated heterocycles. The molecule has 0 aromatic heterocycles. The molecule has 0 radical (unpaired) electrons. The van der Waals surface area contributed by atoms with E-state index in [0.29, 0.717) is 37.3 Å². The summed E-state index contributed by atoms with van der Waals surface area (Å²) >= 11 is 0. The van der Waals surface area contributed by atoms with E-state index < -0.39 is 0 Å². The molecule has 2 aliphatic heterocycles. The van der Waals surface area contributed by atoms with Crippen LogP contribution in [0.2, 0.25) is 0 Å². The van der Waals surface area contributed by atoms with Crippen LogP contribution < -0.4 is 0 Å². The van der Waals surface area contributed by atoms with Gasteiger partial charge in [-0.15, -0.1) is 0 Å². The van der Waals surface area contributed by atoms with Gasteiger partial charge in [0.2, 0.25) is 0 Å². The van der Waals surface area contributed by atoms with Gasteiger partial charge in [-0.2, -0.15) is 0 Å². The zero-order chi connectivity index (χ0) is 20.9. The van der Waals surface area contributed by atoms with Gasteiger partial charge in [-0.25, -0.2) is 0 Å². The van der Waals surface area contributed by atoms with Crippen LogP contribution in [0.4, 0.5) is 0 Å². The van der Waals surface area contributed by atoms with Gasteiger partial charge in [0.05, 0.1) is 18.8 Å². The number of nitrogens with zero attached hydrogens (tertiary/aromatic N) is 3. The number of benzene rings is 2. The molecule has 4 rings (SSSR count). The number of ether oxygens (including phenoxy) is 1. The number of hydrogen-bond donors (Lipinski definition) is 1. The molecular formula is C23H27N3O4. The summed E-state index contributed by atoms with van der Waals surface area (Å²) in [7, 11) is 0. The van der Waals surface area contributed by atoms with Crippen molar-refractivity contribution in [3.8, 4) is 5.75 Å². The standard InChI is InChI=1S/C23H27N3O4/c27-21-7-2-1-6-20(21)23(29)26-10-8-25(9-11-26)22(28)19-5-3-4-18(16-19)17-24-12-14-30-15-13-24/h1-7,16,27H,8-15,17H2. The lowest BCUT2D eigenvalue weighted by Crippen LogP contribution is -2.50. The maximum atomic E-state index is 13.0. The number of piperazine rings is 1. The summed E-state index contributed by atoms with van der Waals surface area (Å²) in [5.41, 5.74) is 2.10. The first kappa shape index (κ1) is 20.4. The Bertz CT molecular complexity index is 903. The molecule has 2 heterocycles. The molecule has 0 spiro atoms. The third kappa shape index (κ3) is 4.63. The van der Waals surface area contributed by atoms with Crippen molar-refractivity contribution >= 4 is 11.8 Å². The minimum atomic E-state index is -0.201. The van der Waals surface area contributed by atoms with Gasteiger partial charge < -0.3 is 19.6 Å². The average Bonchev–Trinajstić information content (AvgIpc) is 2.79. The molecule has 158 valence electrons. The van der Waals surface area contributed by atoms with Crippen LogP contribution in [0.15, 0.2) is 48.5 Å². The van der Waals surface area contributed by atoms with Gasteiger partial charge in [-0.3, -0.25) is 14.5 Å². The molecule has 0 bridgehead atoms. The third-order valence-electron chi connectivity index (χ3n) is 5.67. The molecule has 7 nitrogen and oxygen atoms in total. The molecule has 7 heteroatoms. The quantitative estimate of drug-likeness (QED) is 0.834. The van der Waals surface area contributed by atoms with Gasteiger partial charge in [0.25, 0.3) is 11.8 Å². The highest BCUT2D eigenvalue weighted by Gasteiger charge is 2.26. The number of rotatable bonds is 4. The number of amides is 2. The van der Waals surface area contributed by atoms with Gasteiger partial charge in [-0.1, -0.05) is 24.3 Å². The van der Waals surface area contributed by atoms with E-state index in [1.54, 1.807) is 28.0 Å². The van der Waals surface area contributed by atoms with Crippen LogP contribution in [-0.2, 0) is 11.3 Å². The van der Waals surface area contributed by atoms with Gasteiger partial charge in [0.15, 0.2) is 0 Å². The van der Waals surface area contributed by atoms with Crippen molar-refractivity contribution in [1.82, 2.24) is 14.7 Å². The largest absolute Gasteiger partial charge is 0.507 e. The Balaban J connectivity index is 1.35. The second-order valence-electron chi connectivity index (χ2n) is 7.69. The number of phenolic OH excluding ortho intramolecular Hbond substituents is 1. The van der Waals surface area contributed by atoms with E-state index in [1.165, 1.54) is 6.07 Å². The van der Waals surface area contributed by atoms with Gasteiger partial charge in [0.1, 0.15) is 5.75 Å². The van der Waals surface area contributed by atoms with Crippen molar-refractivity contribution in [3.63, 3.8) is 0 Å². The van der Waals surface area contributed by atoms with Crippen LogP contribution in [0.1, 0.15) is 26.3 Å². The van der Waals surface area contributed by atoms with E-state index in [2.05, 4.69) is 11.0 Å². The van der Waals surface area contributed by atoms with Crippen LogP contribution in [0, 0.1) is 0 Å². The van der Waals surface area contributed by atoms with Crippen LogP contribution in [0.25, 0.3) is 0 Å². The first-order valence-electron chi connectivity index (χ1n) is 10.4. The Kier molecular flexibility index (Phi) is 6.30. The van der Waals surface area contributed by atoms with Crippen molar-refractivity contribution in [2.24, 2.45) is 0 Å². The normalized spacial score (nSPS) is 17.7. The maximum absolute atomic E-state index is 13.0. The van der Waals surface area contributed by atoms with Crippen molar-refractivity contribution in [1.29, 1.82) is 0 Å². The second-order valence-corrected chi connectivity index (χ2v) is 7.69. The Labute approximate surface area is 176 Å². The van der Waals surface area contributed by atoms with Crippen LogP contribution in [0.3, 0.4) is 0 Å². The number of carbonyl (C=O) groups is 2. The second kappa shape index (κ2) is 9.28. The number of aromatic hydroxyl groups is 1. The lowest BCUT2D eigenvalue weighted by molar-refractivity contribution is 0.0341. The minimum Gasteiger partial charge on any atom is -0.507 e. The summed E-state index contributed by atoms with van der Waals surface area (Å²) in [6.07, 6.45) is 0. The molecule has 1 N–H and O–H groups in total. The monoisotopic (exact) mass is 409 g/mol. The lowest BCUT2D eigenvalue weighted by Gasteiger charge is -2.35. The van der Waals surface area contributed by atoms with E-state index in [0.717, 1.165) is 38.4 Å². The molecule has 2 aromatic rings. The Morgan fingerprint density at radius 3 is 2.20 bits per heavy atom. The first-order valence-corrected chi connectivity index (χ1v) is 10.4. The van der Waals surface area contributed by atoms with Gasteiger partial charge >= 0.3 is 0 Å². The van der Waals surface area contributed by atoms with Crippen molar-refractivity contribution in [2.45, 2.75) is 6.54 Å². The zero-order valence-corrected chi connectivity index (χ0v) is 17.0. The van der Waals surface area contributed by atoms with Crippen LogP contribution >= 0.6 is 0 Å². The number of morpholine rings is 1. The van der Waals surface area contributed by atoms with Gasteiger partial charge in [0, 0.05) is 51.4 Å². The molecule has 0 atom stereocenters. The number of phenols is 1. The average molecular weight is 409 g/mol. The van der Waals surface area contributed by atoms with E-state index >= 15 is 0 Å². The first-order chi connectivity index (χ1) is 14.6. The molecule has 0 aliphatic carbocycles. The topological polar surface area (TPSA) is 73.3 Å². The molecular weight excluding hydrogens is 382 g/mol.